The van der Waals surface area contributed by atoms with Crippen LogP contribution in [0.4, 0.5) is 10.2 Å². The van der Waals surface area contributed by atoms with E-state index in [1.54, 1.807) is 0 Å². The largest absolute Gasteiger partial charge is 0.487 e. The van der Waals surface area contributed by atoms with Crippen LogP contribution in [-0.4, -0.2) is 70.2 Å². The molecule has 0 spiro atoms. The van der Waals surface area contributed by atoms with E-state index in [4.69, 9.17) is 21.1 Å². The van der Waals surface area contributed by atoms with E-state index in [9.17, 15) is 8.42 Å². The molecule has 3 aromatic rings. The summed E-state index contributed by atoms with van der Waals surface area (Å²) in [5.74, 6) is -0.407. The lowest BCUT2D eigenvalue weighted by atomic mass is 9.78. The second kappa shape index (κ2) is 13.1. The van der Waals surface area contributed by atoms with E-state index in [1.165, 1.54) is 49.5 Å². The smallest absolute Gasteiger partial charge is 0.267 e. The molecule has 42 heavy (non-hydrogen) atoms. The first-order valence-corrected chi connectivity index (χ1v) is 15.8. The second-order valence-corrected chi connectivity index (χ2v) is 12.9. The number of anilines is 1. The number of hydrogen-bond acceptors (Lipinski definition) is 7. The lowest BCUT2D eigenvalue weighted by molar-refractivity contribution is 0.0544. The zero-order valence-corrected chi connectivity index (χ0v) is 25.5. The molecule has 1 aliphatic heterocycles. The fraction of sp³-hybridized carbons (Fsp3) is 0.400. The summed E-state index contributed by atoms with van der Waals surface area (Å²) in [5.41, 5.74) is 3.86. The molecule has 5 rings (SSSR count). The summed E-state index contributed by atoms with van der Waals surface area (Å²) in [5, 5.41) is 0.0192. The quantitative estimate of drug-likeness (QED) is 0.292. The predicted molar refractivity (Wildman–Crippen MR) is 163 cm³/mol. The predicted octanol–water partition coefficient (Wildman–Crippen LogP) is 5.58. The molecule has 3 atom stereocenters. The van der Waals surface area contributed by atoms with E-state index in [2.05, 4.69) is 45.2 Å². The Morgan fingerprint density at radius 3 is 2.69 bits per heavy atom. The number of sulfonamides is 1. The first-order valence-electron chi connectivity index (χ1n) is 14.0. The Morgan fingerprint density at radius 1 is 1.17 bits per heavy atom. The van der Waals surface area contributed by atoms with Crippen LogP contribution in [0.3, 0.4) is 0 Å². The van der Waals surface area contributed by atoms with Gasteiger partial charge in [0.25, 0.3) is 17.4 Å². The summed E-state index contributed by atoms with van der Waals surface area (Å²) in [6.45, 7) is 2.92. The molecule has 2 heterocycles. The van der Waals surface area contributed by atoms with Crippen LogP contribution in [-0.2, 0) is 14.8 Å². The number of aromatic nitrogens is 2. The van der Waals surface area contributed by atoms with Crippen molar-refractivity contribution in [3.63, 3.8) is 0 Å². The first-order chi connectivity index (χ1) is 20.2. The maximum atomic E-state index is 15.4. The van der Waals surface area contributed by atoms with Crippen molar-refractivity contribution in [3.8, 4) is 5.75 Å². The lowest BCUT2D eigenvalue weighted by Gasteiger charge is -2.40. The molecule has 0 saturated heterocycles. The van der Waals surface area contributed by atoms with Gasteiger partial charge in [-0.2, -0.15) is 0 Å². The van der Waals surface area contributed by atoms with E-state index in [0.717, 1.165) is 48.6 Å². The summed E-state index contributed by atoms with van der Waals surface area (Å²) < 4.78 is 54.8. The van der Waals surface area contributed by atoms with Gasteiger partial charge in [0.15, 0.2) is 0 Å². The van der Waals surface area contributed by atoms with Gasteiger partial charge in [-0.15, -0.1) is 0 Å². The Kier molecular flexibility index (Phi) is 9.52. The third-order valence-electron chi connectivity index (χ3n) is 7.94. The first kappa shape index (κ1) is 30.5. The molecule has 0 bridgehead atoms. The van der Waals surface area contributed by atoms with E-state index in [1.807, 2.05) is 14.1 Å². The van der Waals surface area contributed by atoms with Gasteiger partial charge in [0.2, 0.25) is 0 Å². The van der Waals surface area contributed by atoms with Gasteiger partial charge in [-0.25, -0.2) is 22.8 Å². The van der Waals surface area contributed by atoms with Crippen molar-refractivity contribution in [2.24, 2.45) is 0 Å². The second-order valence-electron chi connectivity index (χ2n) is 10.7. The Labute approximate surface area is 252 Å². The molecular formula is C30H34BClFN4O4S. The third kappa shape index (κ3) is 6.49. The standard InChI is InChI=1S/C30H34BClFN4O4S/c1-31-37(30-9-12-34-19-35-30)42(38,39)29-17-24(32)28(18-25(29)33)41-27-8-7-23(16-26(27)36(2)3)22-6-4-5-21(15-22)20-10-13-40-14-11-20/h4-6,9-10,12,15,17-19,23,26-27H,7-8,11,13-14,16H2,1-3H3/t23-,26-,27-/m0/s1. The molecule has 1 saturated carbocycles. The number of hydrogen-bond donors (Lipinski definition) is 0. The minimum absolute atomic E-state index is 0.0192. The number of rotatable bonds is 9. The topological polar surface area (TPSA) is 84.9 Å². The molecule has 2 aliphatic rings. The van der Waals surface area contributed by atoms with Crippen molar-refractivity contribution in [3.05, 3.63) is 83.0 Å². The minimum atomic E-state index is -4.33. The maximum absolute atomic E-state index is 15.4. The van der Waals surface area contributed by atoms with Crippen molar-refractivity contribution in [2.45, 2.75) is 55.5 Å². The summed E-state index contributed by atoms with van der Waals surface area (Å²) in [4.78, 5) is 9.35. The van der Waals surface area contributed by atoms with Crippen molar-refractivity contribution < 1.29 is 22.3 Å². The average Bonchev–Trinajstić information content (AvgIpc) is 3.00. The molecular weight excluding hydrogens is 578 g/mol. The molecule has 1 fully saturated rings. The Morgan fingerprint density at radius 2 is 2.00 bits per heavy atom. The SMILES string of the molecule is C[B]N(c1ccncn1)S(=O)(=O)c1cc(Cl)c(O[C@H]2CC[C@H](c3cccc(C4=CCOCC4)c3)C[C@@H]2N(C)C)cc1F. The van der Waals surface area contributed by atoms with Gasteiger partial charge in [0.1, 0.15) is 34.7 Å². The van der Waals surface area contributed by atoms with Gasteiger partial charge in [0, 0.05) is 18.3 Å². The Hall–Kier alpha value is -2.99. The molecule has 1 radical (unpaired) electrons. The molecule has 12 heteroatoms. The van der Waals surface area contributed by atoms with Gasteiger partial charge < -0.3 is 18.6 Å². The monoisotopic (exact) mass is 611 g/mol. The van der Waals surface area contributed by atoms with Crippen LogP contribution in [0, 0.1) is 5.82 Å². The van der Waals surface area contributed by atoms with Crippen molar-refractivity contribution >= 4 is 40.4 Å². The molecule has 0 unspecified atom stereocenters. The van der Waals surface area contributed by atoms with Gasteiger partial charge in [-0.05, 0) is 74.5 Å². The zero-order chi connectivity index (χ0) is 29.9. The van der Waals surface area contributed by atoms with Crippen LogP contribution in [0.1, 0.15) is 42.7 Å². The number of nitrogens with zero attached hydrogens (tertiary/aromatic N) is 4. The van der Waals surface area contributed by atoms with Gasteiger partial charge in [-0.1, -0.05) is 48.8 Å². The highest BCUT2D eigenvalue weighted by atomic mass is 35.5. The van der Waals surface area contributed by atoms with E-state index < -0.39 is 20.7 Å². The molecule has 8 nitrogen and oxygen atoms in total. The molecule has 2 aromatic carbocycles. The number of ether oxygens (including phenoxy) is 2. The van der Waals surface area contributed by atoms with Crippen LogP contribution in [0.5, 0.6) is 5.75 Å². The van der Waals surface area contributed by atoms with E-state index in [-0.39, 0.29) is 28.7 Å². The van der Waals surface area contributed by atoms with Crippen molar-refractivity contribution in [1.82, 2.24) is 14.9 Å². The van der Waals surface area contributed by atoms with Crippen molar-refractivity contribution in [2.75, 3.05) is 31.5 Å². The van der Waals surface area contributed by atoms with E-state index in [0.29, 0.717) is 12.5 Å². The van der Waals surface area contributed by atoms with Gasteiger partial charge >= 0.3 is 0 Å². The van der Waals surface area contributed by atoms with Crippen molar-refractivity contribution in [1.29, 1.82) is 0 Å². The van der Waals surface area contributed by atoms with Crippen LogP contribution < -0.4 is 8.95 Å². The van der Waals surface area contributed by atoms with Crippen LogP contribution in [0.25, 0.3) is 5.57 Å². The van der Waals surface area contributed by atoms with E-state index >= 15 is 4.39 Å². The van der Waals surface area contributed by atoms with Gasteiger partial charge in [0.05, 0.1) is 18.2 Å². The Bertz CT molecular complexity index is 1540. The normalized spacial score (nSPS) is 21.1. The molecule has 0 N–H and O–H groups in total. The number of likely N-dealkylation sites (N-methyl/N-ethyl adjacent to an activating group) is 1. The summed E-state index contributed by atoms with van der Waals surface area (Å²) in [6, 6.07) is 12.4. The lowest BCUT2D eigenvalue weighted by Crippen LogP contribution is -2.46. The molecule has 0 amide bonds. The maximum Gasteiger partial charge on any atom is 0.267 e. The summed E-state index contributed by atoms with van der Waals surface area (Å²) in [6.07, 6.45) is 7.93. The summed E-state index contributed by atoms with van der Waals surface area (Å²) in [7, 11) is 0.984. The molecule has 221 valence electrons. The highest BCUT2D eigenvalue weighted by molar-refractivity contribution is 7.94. The highest BCUT2D eigenvalue weighted by Gasteiger charge is 2.35. The highest BCUT2D eigenvalue weighted by Crippen LogP contribution is 2.40. The van der Waals surface area contributed by atoms with Crippen LogP contribution >= 0.6 is 11.6 Å². The number of benzene rings is 2. The summed E-state index contributed by atoms with van der Waals surface area (Å²) >= 11 is 6.53. The minimum Gasteiger partial charge on any atom is -0.487 e. The molecule has 1 aliphatic carbocycles. The fourth-order valence-electron chi connectivity index (χ4n) is 5.76. The van der Waals surface area contributed by atoms with Crippen LogP contribution in [0.15, 0.2) is 66.0 Å². The Balaban J connectivity index is 1.34. The third-order valence-corrected chi connectivity index (χ3v) is 10.0. The molecule has 1 aromatic heterocycles. The van der Waals surface area contributed by atoms with Gasteiger partial charge in [-0.3, -0.25) is 0 Å². The average molecular weight is 612 g/mol. The van der Waals surface area contributed by atoms with Crippen LogP contribution in [0.2, 0.25) is 11.8 Å². The number of halogens is 2. The fourth-order valence-corrected chi connectivity index (χ4v) is 7.45. The zero-order valence-electron chi connectivity index (χ0n) is 23.9.